The number of nitrogens with one attached hydrogen (secondary N) is 1. The summed E-state index contributed by atoms with van der Waals surface area (Å²) < 4.78 is 0. The van der Waals surface area contributed by atoms with Crippen LogP contribution in [0.25, 0.3) is 0 Å². The molecule has 0 spiro atoms. The van der Waals surface area contributed by atoms with Gasteiger partial charge in [-0.25, -0.2) is 9.97 Å². The van der Waals surface area contributed by atoms with Crippen molar-refractivity contribution in [3.8, 4) is 0 Å². The Balaban J connectivity index is 1.79. The number of nitrogens with two attached hydrogens (primary N) is 1. The van der Waals surface area contributed by atoms with Crippen LogP contribution in [0.15, 0.2) is 36.5 Å². The molecule has 0 radical (unpaired) electrons. The maximum Gasteiger partial charge on any atom is 0.260 e. The molecule has 1 saturated carbocycles. The predicted molar refractivity (Wildman–Crippen MR) is 72.8 cm³/mol. The molecular formula is C14H14N4O. The summed E-state index contributed by atoms with van der Waals surface area (Å²) in [5, 5.41) is 2.76. The minimum atomic E-state index is -0.286. The van der Waals surface area contributed by atoms with Crippen LogP contribution >= 0.6 is 0 Å². The molecule has 3 rings (SSSR count). The molecule has 0 unspecified atom stereocenters. The maximum absolute atomic E-state index is 12.1. The Morgan fingerprint density at radius 1 is 1.26 bits per heavy atom. The molecule has 1 aliphatic carbocycles. The van der Waals surface area contributed by atoms with E-state index in [0.717, 1.165) is 24.4 Å². The summed E-state index contributed by atoms with van der Waals surface area (Å²) in [5.41, 5.74) is 6.86. The average Bonchev–Trinajstić information content (AvgIpc) is 3.24. The van der Waals surface area contributed by atoms with Gasteiger partial charge in [0.25, 0.3) is 5.91 Å². The van der Waals surface area contributed by atoms with Gasteiger partial charge in [-0.05, 0) is 25.0 Å². The Bertz CT molecular complexity index is 608. The lowest BCUT2D eigenvalue weighted by atomic mass is 10.2. The van der Waals surface area contributed by atoms with Crippen LogP contribution in [0.5, 0.6) is 0 Å². The zero-order chi connectivity index (χ0) is 13.2. The number of nitrogen functional groups attached to an aromatic ring is 1. The number of carbonyl (C=O) groups is 1. The molecule has 96 valence electrons. The monoisotopic (exact) mass is 254 g/mol. The second-order valence-corrected chi connectivity index (χ2v) is 4.62. The van der Waals surface area contributed by atoms with Crippen LogP contribution in [0.3, 0.4) is 0 Å². The van der Waals surface area contributed by atoms with Crippen molar-refractivity contribution in [2.75, 3.05) is 11.1 Å². The van der Waals surface area contributed by atoms with Crippen LogP contribution in [0, 0.1) is 0 Å². The van der Waals surface area contributed by atoms with Crippen LogP contribution in [0.4, 0.5) is 11.5 Å². The second-order valence-electron chi connectivity index (χ2n) is 4.62. The van der Waals surface area contributed by atoms with Gasteiger partial charge in [0, 0.05) is 17.8 Å². The van der Waals surface area contributed by atoms with Crippen LogP contribution in [0.1, 0.15) is 34.9 Å². The van der Waals surface area contributed by atoms with Crippen molar-refractivity contribution in [1.82, 2.24) is 9.97 Å². The fourth-order valence-corrected chi connectivity index (χ4v) is 1.84. The highest BCUT2D eigenvalue weighted by atomic mass is 16.1. The Hall–Kier alpha value is -2.43. The Labute approximate surface area is 110 Å². The molecule has 0 saturated heterocycles. The number of benzene rings is 1. The number of aromatic nitrogens is 2. The number of nitrogens with zero attached hydrogens (tertiary/aromatic N) is 2. The van der Waals surface area contributed by atoms with E-state index in [1.807, 2.05) is 30.3 Å². The molecule has 5 heteroatoms. The Kier molecular flexibility index (Phi) is 2.87. The SMILES string of the molecule is Nc1nc(C2CC2)ncc1C(=O)Nc1ccccc1. The summed E-state index contributed by atoms with van der Waals surface area (Å²) in [7, 11) is 0. The van der Waals surface area contributed by atoms with Crippen molar-refractivity contribution < 1.29 is 4.79 Å². The first-order valence-electron chi connectivity index (χ1n) is 6.23. The summed E-state index contributed by atoms with van der Waals surface area (Å²) in [6.45, 7) is 0. The number of anilines is 2. The zero-order valence-corrected chi connectivity index (χ0v) is 10.3. The molecule has 0 atom stereocenters. The topological polar surface area (TPSA) is 80.9 Å². The van der Waals surface area contributed by atoms with Crippen LogP contribution in [-0.4, -0.2) is 15.9 Å². The van der Waals surface area contributed by atoms with Gasteiger partial charge >= 0.3 is 0 Å². The Morgan fingerprint density at radius 2 is 2.00 bits per heavy atom. The van der Waals surface area contributed by atoms with Crippen molar-refractivity contribution in [3.05, 3.63) is 47.9 Å². The molecule has 1 aromatic heterocycles. The number of hydrogen-bond acceptors (Lipinski definition) is 4. The van der Waals surface area contributed by atoms with E-state index in [9.17, 15) is 4.79 Å². The summed E-state index contributed by atoms with van der Waals surface area (Å²) in [6, 6.07) is 9.22. The van der Waals surface area contributed by atoms with Gasteiger partial charge in [0.1, 0.15) is 17.2 Å². The highest BCUT2D eigenvalue weighted by Crippen LogP contribution is 2.38. The number of hydrogen-bond donors (Lipinski definition) is 2. The van der Waals surface area contributed by atoms with Gasteiger partial charge in [0.15, 0.2) is 0 Å². The van der Waals surface area contributed by atoms with Gasteiger partial charge in [-0.3, -0.25) is 4.79 Å². The zero-order valence-electron chi connectivity index (χ0n) is 10.3. The molecule has 1 heterocycles. The molecule has 19 heavy (non-hydrogen) atoms. The third-order valence-corrected chi connectivity index (χ3v) is 3.06. The average molecular weight is 254 g/mol. The summed E-state index contributed by atoms with van der Waals surface area (Å²) in [4.78, 5) is 20.5. The van der Waals surface area contributed by atoms with Crippen molar-refractivity contribution >= 4 is 17.4 Å². The molecule has 3 N–H and O–H groups in total. The molecule has 5 nitrogen and oxygen atoms in total. The molecule has 1 aromatic carbocycles. The standard InChI is InChI=1S/C14H14N4O/c15-12-11(8-16-13(18-12)9-6-7-9)14(19)17-10-4-2-1-3-5-10/h1-5,8-9H,6-7H2,(H,17,19)(H2,15,16,18). The van der Waals surface area contributed by atoms with Crippen molar-refractivity contribution in [3.63, 3.8) is 0 Å². The third-order valence-electron chi connectivity index (χ3n) is 3.06. The van der Waals surface area contributed by atoms with Gasteiger partial charge in [0.2, 0.25) is 0 Å². The van der Waals surface area contributed by atoms with Crippen LogP contribution in [0.2, 0.25) is 0 Å². The molecule has 1 amide bonds. The second kappa shape index (κ2) is 4.68. The lowest BCUT2D eigenvalue weighted by Crippen LogP contribution is -2.16. The molecule has 1 aliphatic rings. The van der Waals surface area contributed by atoms with Crippen molar-refractivity contribution in [2.45, 2.75) is 18.8 Å². The van der Waals surface area contributed by atoms with E-state index >= 15 is 0 Å². The number of carbonyl (C=O) groups excluding carboxylic acids is 1. The molecular weight excluding hydrogens is 240 g/mol. The van der Waals surface area contributed by atoms with E-state index in [1.165, 1.54) is 6.20 Å². The lowest BCUT2D eigenvalue weighted by molar-refractivity contribution is 0.102. The van der Waals surface area contributed by atoms with E-state index in [-0.39, 0.29) is 11.7 Å². The predicted octanol–water partition coefficient (Wildman–Crippen LogP) is 2.19. The number of para-hydroxylation sites is 1. The number of amides is 1. The van der Waals surface area contributed by atoms with E-state index in [0.29, 0.717) is 11.5 Å². The summed E-state index contributed by atoms with van der Waals surface area (Å²) in [5.74, 6) is 1.12. The fraction of sp³-hybridized carbons (Fsp3) is 0.214. The van der Waals surface area contributed by atoms with Crippen LogP contribution < -0.4 is 11.1 Å². The Morgan fingerprint density at radius 3 is 2.63 bits per heavy atom. The van der Waals surface area contributed by atoms with E-state index in [4.69, 9.17) is 5.73 Å². The molecule has 0 bridgehead atoms. The minimum absolute atomic E-state index is 0.241. The van der Waals surface area contributed by atoms with Gasteiger partial charge in [0.05, 0.1) is 0 Å². The highest BCUT2D eigenvalue weighted by molar-refractivity contribution is 6.06. The molecule has 0 aliphatic heterocycles. The van der Waals surface area contributed by atoms with E-state index < -0.39 is 0 Å². The highest BCUT2D eigenvalue weighted by Gasteiger charge is 2.27. The smallest absolute Gasteiger partial charge is 0.260 e. The van der Waals surface area contributed by atoms with E-state index in [1.54, 1.807) is 0 Å². The summed E-state index contributed by atoms with van der Waals surface area (Å²) in [6.07, 6.45) is 3.72. The molecule has 2 aromatic rings. The van der Waals surface area contributed by atoms with Gasteiger partial charge in [-0.15, -0.1) is 0 Å². The van der Waals surface area contributed by atoms with Crippen molar-refractivity contribution in [1.29, 1.82) is 0 Å². The van der Waals surface area contributed by atoms with Gasteiger partial charge < -0.3 is 11.1 Å². The van der Waals surface area contributed by atoms with Gasteiger partial charge in [-0.1, -0.05) is 18.2 Å². The normalized spacial score (nSPS) is 14.1. The summed E-state index contributed by atoms with van der Waals surface area (Å²) >= 11 is 0. The first kappa shape index (κ1) is 11.6. The number of rotatable bonds is 3. The quantitative estimate of drug-likeness (QED) is 0.879. The first-order chi connectivity index (χ1) is 9.24. The lowest BCUT2D eigenvalue weighted by Gasteiger charge is -2.07. The minimum Gasteiger partial charge on any atom is -0.383 e. The first-order valence-corrected chi connectivity index (χ1v) is 6.23. The maximum atomic E-state index is 12.1. The fourth-order valence-electron chi connectivity index (χ4n) is 1.84. The van der Waals surface area contributed by atoms with Crippen molar-refractivity contribution in [2.24, 2.45) is 0 Å². The third kappa shape index (κ3) is 2.54. The molecule has 1 fully saturated rings. The van der Waals surface area contributed by atoms with Crippen LogP contribution in [-0.2, 0) is 0 Å². The largest absolute Gasteiger partial charge is 0.383 e. The van der Waals surface area contributed by atoms with Gasteiger partial charge in [-0.2, -0.15) is 0 Å². The van der Waals surface area contributed by atoms with E-state index in [2.05, 4.69) is 15.3 Å².